The Morgan fingerprint density at radius 2 is 2.32 bits per heavy atom. The summed E-state index contributed by atoms with van der Waals surface area (Å²) in [7, 11) is 5.50. The quantitative estimate of drug-likeness (QED) is 0.866. The number of hydrogen-bond donors (Lipinski definition) is 1. The first kappa shape index (κ1) is 14.0. The number of ether oxygens (including phenoxy) is 1. The SMILES string of the molecule is CNC(c1nccn1C)c1c(Cl)cnn1CCOC. The van der Waals surface area contributed by atoms with Crippen LogP contribution < -0.4 is 5.32 Å². The minimum atomic E-state index is -0.105. The van der Waals surface area contributed by atoms with E-state index in [1.807, 2.05) is 29.5 Å². The predicted octanol–water partition coefficient (Wildman–Crippen LogP) is 1.23. The van der Waals surface area contributed by atoms with Gasteiger partial charge in [-0.2, -0.15) is 5.10 Å². The topological polar surface area (TPSA) is 56.9 Å². The molecule has 104 valence electrons. The Hall–Kier alpha value is -1.37. The standard InChI is InChI=1S/C12H18ClN5O/c1-14-10(12-15-4-5-17(12)2)11-9(13)8-16-18(11)6-7-19-3/h4-5,8,10,14H,6-7H2,1-3H3. The molecule has 7 heteroatoms. The summed E-state index contributed by atoms with van der Waals surface area (Å²) in [6.07, 6.45) is 5.33. The molecule has 19 heavy (non-hydrogen) atoms. The number of nitrogens with one attached hydrogen (secondary N) is 1. The number of aromatic nitrogens is 4. The lowest BCUT2D eigenvalue weighted by Crippen LogP contribution is -2.25. The molecule has 1 unspecified atom stereocenters. The Morgan fingerprint density at radius 1 is 1.53 bits per heavy atom. The van der Waals surface area contributed by atoms with Crippen molar-refractivity contribution in [2.45, 2.75) is 12.6 Å². The largest absolute Gasteiger partial charge is 0.383 e. The highest BCUT2D eigenvalue weighted by atomic mass is 35.5. The van der Waals surface area contributed by atoms with Gasteiger partial charge >= 0.3 is 0 Å². The van der Waals surface area contributed by atoms with Crippen LogP contribution in [0.2, 0.25) is 5.02 Å². The lowest BCUT2D eigenvalue weighted by atomic mass is 10.2. The van der Waals surface area contributed by atoms with Gasteiger partial charge in [0.15, 0.2) is 0 Å². The van der Waals surface area contributed by atoms with E-state index < -0.39 is 0 Å². The molecule has 0 fully saturated rings. The molecular formula is C12H18ClN5O. The maximum atomic E-state index is 6.27. The number of aryl methyl sites for hydroxylation is 1. The zero-order valence-electron chi connectivity index (χ0n) is 11.3. The normalized spacial score (nSPS) is 12.8. The van der Waals surface area contributed by atoms with Crippen molar-refractivity contribution < 1.29 is 4.74 Å². The average Bonchev–Trinajstić information content (AvgIpc) is 2.97. The van der Waals surface area contributed by atoms with Gasteiger partial charge in [0.1, 0.15) is 11.9 Å². The molecule has 0 saturated carbocycles. The number of nitrogens with zero attached hydrogens (tertiary/aromatic N) is 4. The van der Waals surface area contributed by atoms with Crippen LogP contribution in [-0.4, -0.2) is 40.1 Å². The van der Waals surface area contributed by atoms with Crippen LogP contribution in [0.5, 0.6) is 0 Å². The molecule has 2 aromatic heterocycles. The van der Waals surface area contributed by atoms with E-state index in [2.05, 4.69) is 15.4 Å². The van der Waals surface area contributed by atoms with Crippen molar-refractivity contribution in [3.8, 4) is 0 Å². The number of rotatable bonds is 6. The second kappa shape index (κ2) is 6.18. The molecule has 0 bridgehead atoms. The Kier molecular flexibility index (Phi) is 4.57. The van der Waals surface area contributed by atoms with Gasteiger partial charge in [-0.25, -0.2) is 4.98 Å². The van der Waals surface area contributed by atoms with E-state index in [4.69, 9.17) is 16.3 Å². The van der Waals surface area contributed by atoms with E-state index >= 15 is 0 Å². The summed E-state index contributed by atoms with van der Waals surface area (Å²) in [5.41, 5.74) is 0.899. The summed E-state index contributed by atoms with van der Waals surface area (Å²) in [5.74, 6) is 0.892. The molecule has 0 aliphatic carbocycles. The van der Waals surface area contributed by atoms with Crippen LogP contribution in [0.3, 0.4) is 0 Å². The van der Waals surface area contributed by atoms with E-state index in [-0.39, 0.29) is 6.04 Å². The first-order valence-corrected chi connectivity index (χ1v) is 6.41. The molecule has 0 amide bonds. The molecule has 0 aliphatic rings. The van der Waals surface area contributed by atoms with E-state index in [1.54, 1.807) is 19.5 Å². The second-order valence-electron chi connectivity index (χ2n) is 4.21. The monoisotopic (exact) mass is 283 g/mol. The molecule has 2 heterocycles. The van der Waals surface area contributed by atoms with Crippen molar-refractivity contribution in [2.24, 2.45) is 7.05 Å². The first-order valence-electron chi connectivity index (χ1n) is 6.03. The third-order valence-electron chi connectivity index (χ3n) is 3.02. The van der Waals surface area contributed by atoms with Gasteiger partial charge < -0.3 is 14.6 Å². The summed E-state index contributed by atoms with van der Waals surface area (Å²) < 4.78 is 8.91. The maximum absolute atomic E-state index is 6.27. The Bertz CT molecular complexity index is 536. The van der Waals surface area contributed by atoms with Crippen molar-refractivity contribution in [3.63, 3.8) is 0 Å². The zero-order valence-corrected chi connectivity index (χ0v) is 12.1. The zero-order chi connectivity index (χ0) is 13.8. The van der Waals surface area contributed by atoms with E-state index in [0.29, 0.717) is 18.2 Å². The molecule has 6 nitrogen and oxygen atoms in total. The highest BCUT2D eigenvalue weighted by Gasteiger charge is 2.23. The maximum Gasteiger partial charge on any atom is 0.131 e. The van der Waals surface area contributed by atoms with Crippen molar-refractivity contribution >= 4 is 11.6 Å². The van der Waals surface area contributed by atoms with Gasteiger partial charge in [0.25, 0.3) is 0 Å². The lowest BCUT2D eigenvalue weighted by molar-refractivity contribution is 0.182. The fourth-order valence-corrected chi connectivity index (χ4v) is 2.31. The summed E-state index contributed by atoms with van der Waals surface area (Å²) in [6.45, 7) is 1.24. The predicted molar refractivity (Wildman–Crippen MR) is 73.2 cm³/mol. The molecule has 2 rings (SSSR count). The van der Waals surface area contributed by atoms with Crippen LogP contribution in [0.15, 0.2) is 18.6 Å². The molecule has 0 aromatic carbocycles. The van der Waals surface area contributed by atoms with Gasteiger partial charge in [0.05, 0.1) is 30.1 Å². The molecule has 1 N–H and O–H groups in total. The van der Waals surface area contributed by atoms with Gasteiger partial charge in [-0.1, -0.05) is 11.6 Å². The van der Waals surface area contributed by atoms with Crippen molar-refractivity contribution in [3.05, 3.63) is 35.1 Å². The summed E-state index contributed by atoms with van der Waals surface area (Å²) >= 11 is 6.27. The molecule has 0 saturated heterocycles. The molecule has 0 radical (unpaired) electrons. The van der Waals surface area contributed by atoms with Crippen molar-refractivity contribution in [1.29, 1.82) is 0 Å². The fourth-order valence-electron chi connectivity index (χ4n) is 2.06. The Morgan fingerprint density at radius 3 is 2.89 bits per heavy atom. The molecule has 0 spiro atoms. The second-order valence-corrected chi connectivity index (χ2v) is 4.62. The Labute approximate surface area is 117 Å². The Balaban J connectivity index is 2.38. The van der Waals surface area contributed by atoms with Gasteiger partial charge in [-0.3, -0.25) is 4.68 Å². The third-order valence-corrected chi connectivity index (χ3v) is 3.31. The van der Waals surface area contributed by atoms with E-state index in [0.717, 1.165) is 11.5 Å². The van der Waals surface area contributed by atoms with Crippen LogP contribution in [0.4, 0.5) is 0 Å². The molecule has 1 atom stereocenters. The smallest absolute Gasteiger partial charge is 0.131 e. The van der Waals surface area contributed by atoms with Gasteiger partial charge in [0, 0.05) is 26.6 Å². The third kappa shape index (κ3) is 2.80. The number of imidazole rings is 1. The van der Waals surface area contributed by atoms with E-state index in [9.17, 15) is 0 Å². The van der Waals surface area contributed by atoms with Crippen molar-refractivity contribution in [2.75, 3.05) is 20.8 Å². The first-order chi connectivity index (χ1) is 9.19. The number of halogens is 1. The summed E-state index contributed by atoms with van der Waals surface area (Å²) in [4.78, 5) is 4.37. The molecule has 0 aliphatic heterocycles. The van der Waals surface area contributed by atoms with E-state index in [1.165, 1.54) is 0 Å². The number of hydrogen-bond acceptors (Lipinski definition) is 4. The molecular weight excluding hydrogens is 266 g/mol. The average molecular weight is 284 g/mol. The summed E-state index contributed by atoms with van der Waals surface area (Å²) in [5, 5.41) is 8.15. The summed E-state index contributed by atoms with van der Waals surface area (Å²) in [6, 6.07) is -0.105. The molecule has 2 aromatic rings. The lowest BCUT2D eigenvalue weighted by Gasteiger charge is -2.18. The van der Waals surface area contributed by atoms with Crippen LogP contribution in [0.25, 0.3) is 0 Å². The van der Waals surface area contributed by atoms with Crippen LogP contribution in [0.1, 0.15) is 17.6 Å². The highest BCUT2D eigenvalue weighted by molar-refractivity contribution is 6.31. The van der Waals surface area contributed by atoms with Crippen LogP contribution in [-0.2, 0) is 18.3 Å². The minimum Gasteiger partial charge on any atom is -0.383 e. The van der Waals surface area contributed by atoms with Crippen LogP contribution >= 0.6 is 11.6 Å². The minimum absolute atomic E-state index is 0.105. The van der Waals surface area contributed by atoms with Crippen LogP contribution in [0, 0.1) is 0 Å². The van der Waals surface area contributed by atoms with Gasteiger partial charge in [-0.05, 0) is 7.05 Å². The fraction of sp³-hybridized carbons (Fsp3) is 0.500. The number of methoxy groups -OCH3 is 1. The van der Waals surface area contributed by atoms with Gasteiger partial charge in [-0.15, -0.1) is 0 Å². The van der Waals surface area contributed by atoms with Crippen molar-refractivity contribution in [1.82, 2.24) is 24.6 Å². The highest BCUT2D eigenvalue weighted by Crippen LogP contribution is 2.26. The van der Waals surface area contributed by atoms with Gasteiger partial charge in [0.2, 0.25) is 0 Å².